The number of rotatable bonds is 2. The molecule has 0 saturated heterocycles. The molecule has 0 rings (SSSR count). The van der Waals surface area contributed by atoms with Crippen molar-refractivity contribution in [3.05, 3.63) is 11.1 Å². The summed E-state index contributed by atoms with van der Waals surface area (Å²) in [5.74, 6) is 0. The van der Waals surface area contributed by atoms with Crippen LogP contribution in [-0.2, 0) is 9.84 Å². The van der Waals surface area contributed by atoms with E-state index < -0.39 is 9.84 Å². The van der Waals surface area contributed by atoms with Crippen molar-refractivity contribution < 1.29 is 8.42 Å². The Morgan fingerprint density at radius 2 is 2.00 bits per heavy atom. The maximum atomic E-state index is 10.9. The molecule has 0 atom stereocenters. The van der Waals surface area contributed by atoms with E-state index >= 15 is 0 Å². The predicted molar refractivity (Wildman–Crippen MR) is 46.1 cm³/mol. The zero-order valence-corrected chi connectivity index (χ0v) is 7.64. The second kappa shape index (κ2) is 3.52. The van der Waals surface area contributed by atoms with Gasteiger partial charge in [0.05, 0.1) is 5.71 Å². The van der Waals surface area contributed by atoms with Gasteiger partial charge in [0.2, 0.25) is 0 Å². The molecule has 0 aliphatic carbocycles. The maximum absolute atomic E-state index is 10.9. The molecule has 0 aromatic carbocycles. The van der Waals surface area contributed by atoms with E-state index in [9.17, 15) is 8.42 Å². The Morgan fingerprint density at radius 1 is 1.55 bits per heavy atom. The fourth-order valence-electron chi connectivity index (χ4n) is 0.623. The fraction of sp³-hybridized carbons (Fsp3) is 0.500. The summed E-state index contributed by atoms with van der Waals surface area (Å²) in [7, 11) is -1.70. The average molecular weight is 176 g/mol. The van der Waals surface area contributed by atoms with Crippen LogP contribution >= 0.6 is 0 Å². The maximum Gasteiger partial charge on any atom is 0.178 e. The standard InChI is InChI=1S/C6H12N2O2S/c1-5(8-2)6(4-7)11(3,9)10/h4H,7H2,1-3H3. The SMILES string of the molecule is CN=C(C)C(=CN)S(C)(=O)=O. The lowest BCUT2D eigenvalue weighted by Crippen LogP contribution is -2.11. The number of allylic oxidation sites excluding steroid dienone is 1. The highest BCUT2D eigenvalue weighted by Gasteiger charge is 2.12. The van der Waals surface area contributed by atoms with Crippen molar-refractivity contribution in [2.45, 2.75) is 6.92 Å². The summed E-state index contributed by atoms with van der Waals surface area (Å²) in [6.07, 6.45) is 2.15. The van der Waals surface area contributed by atoms with Crippen LogP contribution in [0.1, 0.15) is 6.92 Å². The summed E-state index contributed by atoms with van der Waals surface area (Å²) < 4.78 is 21.9. The Labute approximate surface area is 66.7 Å². The molecule has 0 spiro atoms. The number of sulfone groups is 1. The van der Waals surface area contributed by atoms with Gasteiger partial charge in [-0.05, 0) is 6.92 Å². The number of nitrogens with zero attached hydrogens (tertiary/aromatic N) is 1. The molecule has 0 bridgehead atoms. The molecule has 0 aromatic heterocycles. The average Bonchev–Trinajstić information content (AvgIpc) is 1.86. The van der Waals surface area contributed by atoms with E-state index in [0.717, 1.165) is 12.5 Å². The molecule has 0 heterocycles. The van der Waals surface area contributed by atoms with Gasteiger partial charge >= 0.3 is 0 Å². The summed E-state index contributed by atoms with van der Waals surface area (Å²) in [6, 6.07) is 0. The molecule has 5 heteroatoms. The van der Waals surface area contributed by atoms with Gasteiger partial charge in [-0.2, -0.15) is 0 Å². The summed E-state index contributed by atoms with van der Waals surface area (Å²) in [6.45, 7) is 1.60. The lowest BCUT2D eigenvalue weighted by Gasteiger charge is -2.01. The van der Waals surface area contributed by atoms with Gasteiger partial charge in [-0.15, -0.1) is 0 Å². The highest BCUT2D eigenvalue weighted by molar-refractivity contribution is 7.95. The molecule has 0 saturated carbocycles. The van der Waals surface area contributed by atoms with Gasteiger partial charge in [-0.1, -0.05) is 0 Å². The lowest BCUT2D eigenvalue weighted by molar-refractivity contribution is 0.609. The number of nitrogens with two attached hydrogens (primary N) is 1. The molecule has 11 heavy (non-hydrogen) atoms. The van der Waals surface area contributed by atoms with E-state index in [0.29, 0.717) is 5.71 Å². The van der Waals surface area contributed by atoms with Crippen LogP contribution in [0.2, 0.25) is 0 Å². The summed E-state index contributed by atoms with van der Waals surface area (Å²) in [4.78, 5) is 3.80. The summed E-state index contributed by atoms with van der Waals surface area (Å²) in [5.41, 5.74) is 5.54. The topological polar surface area (TPSA) is 72.5 Å². The summed E-state index contributed by atoms with van der Waals surface area (Å²) >= 11 is 0. The normalized spacial score (nSPS) is 15.2. The van der Waals surface area contributed by atoms with Gasteiger partial charge in [0.15, 0.2) is 9.84 Å². The van der Waals surface area contributed by atoms with Crippen molar-refractivity contribution >= 4 is 15.5 Å². The molecule has 0 aromatic rings. The Kier molecular flexibility index (Phi) is 3.25. The van der Waals surface area contributed by atoms with E-state index in [1.54, 1.807) is 6.92 Å². The monoisotopic (exact) mass is 176 g/mol. The smallest absolute Gasteiger partial charge is 0.178 e. The molecule has 0 unspecified atom stereocenters. The van der Waals surface area contributed by atoms with Gasteiger partial charge in [-0.25, -0.2) is 8.42 Å². The number of hydrogen-bond donors (Lipinski definition) is 1. The molecular weight excluding hydrogens is 164 g/mol. The first kappa shape index (κ1) is 10.2. The molecular formula is C6H12N2O2S. The minimum Gasteiger partial charge on any atom is -0.403 e. The Bertz CT molecular complexity index is 288. The molecule has 0 radical (unpaired) electrons. The van der Waals surface area contributed by atoms with Crippen molar-refractivity contribution in [1.82, 2.24) is 0 Å². The van der Waals surface area contributed by atoms with Gasteiger partial charge < -0.3 is 5.73 Å². The second-order valence-corrected chi connectivity index (χ2v) is 4.10. The zero-order chi connectivity index (χ0) is 9.07. The highest BCUT2D eigenvalue weighted by Crippen LogP contribution is 2.04. The van der Waals surface area contributed by atoms with Crippen LogP contribution in [0.5, 0.6) is 0 Å². The molecule has 4 nitrogen and oxygen atoms in total. The van der Waals surface area contributed by atoms with Crippen molar-refractivity contribution in [2.24, 2.45) is 10.7 Å². The minimum absolute atomic E-state index is 0.0833. The number of hydrogen-bond acceptors (Lipinski definition) is 4. The van der Waals surface area contributed by atoms with Crippen LogP contribution < -0.4 is 5.73 Å². The third-order valence-corrected chi connectivity index (χ3v) is 2.47. The predicted octanol–water partition coefficient (Wildman–Crippen LogP) is -0.0782. The van der Waals surface area contributed by atoms with Crippen LogP contribution in [0.15, 0.2) is 16.1 Å². The minimum atomic E-state index is -3.22. The van der Waals surface area contributed by atoms with Crippen molar-refractivity contribution in [3.63, 3.8) is 0 Å². The van der Waals surface area contributed by atoms with Crippen LogP contribution in [-0.4, -0.2) is 27.4 Å². The Hall–Kier alpha value is -0.840. The first-order valence-electron chi connectivity index (χ1n) is 2.99. The van der Waals surface area contributed by atoms with Gasteiger partial charge in [0.25, 0.3) is 0 Å². The summed E-state index contributed by atoms with van der Waals surface area (Å²) in [5, 5.41) is 0. The van der Waals surface area contributed by atoms with Crippen LogP contribution in [0.4, 0.5) is 0 Å². The van der Waals surface area contributed by atoms with Crippen molar-refractivity contribution in [1.29, 1.82) is 0 Å². The largest absolute Gasteiger partial charge is 0.403 e. The van der Waals surface area contributed by atoms with Gasteiger partial charge in [-0.3, -0.25) is 4.99 Å². The fourth-order valence-corrected chi connectivity index (χ4v) is 1.50. The van der Waals surface area contributed by atoms with E-state index in [1.807, 2.05) is 0 Å². The Morgan fingerprint density at radius 3 is 2.09 bits per heavy atom. The third-order valence-electron chi connectivity index (χ3n) is 1.24. The quantitative estimate of drug-likeness (QED) is 0.598. The molecule has 0 amide bonds. The Balaban J connectivity index is 5.06. The highest BCUT2D eigenvalue weighted by atomic mass is 32.2. The third kappa shape index (κ3) is 2.71. The van der Waals surface area contributed by atoms with Crippen LogP contribution in [0.3, 0.4) is 0 Å². The van der Waals surface area contributed by atoms with Gasteiger partial charge in [0.1, 0.15) is 4.91 Å². The van der Waals surface area contributed by atoms with E-state index in [1.165, 1.54) is 7.05 Å². The second-order valence-electron chi connectivity index (χ2n) is 2.11. The van der Waals surface area contributed by atoms with Crippen LogP contribution in [0.25, 0.3) is 0 Å². The first-order chi connectivity index (χ1) is 4.93. The van der Waals surface area contributed by atoms with Crippen LogP contribution in [0, 0.1) is 0 Å². The molecule has 2 N–H and O–H groups in total. The van der Waals surface area contributed by atoms with E-state index in [4.69, 9.17) is 5.73 Å². The number of aliphatic imine (C=N–C) groups is 1. The molecule has 0 aliphatic heterocycles. The van der Waals surface area contributed by atoms with Gasteiger partial charge in [0, 0.05) is 19.5 Å². The van der Waals surface area contributed by atoms with E-state index in [2.05, 4.69) is 4.99 Å². The first-order valence-corrected chi connectivity index (χ1v) is 4.88. The zero-order valence-electron chi connectivity index (χ0n) is 6.83. The van der Waals surface area contributed by atoms with Crippen molar-refractivity contribution in [3.8, 4) is 0 Å². The van der Waals surface area contributed by atoms with E-state index in [-0.39, 0.29) is 4.91 Å². The van der Waals surface area contributed by atoms with Crippen molar-refractivity contribution in [2.75, 3.05) is 13.3 Å². The molecule has 0 fully saturated rings. The molecule has 64 valence electrons. The molecule has 0 aliphatic rings. The lowest BCUT2D eigenvalue weighted by atomic mass is 10.4.